The number of benzene rings is 1. The molecule has 0 amide bonds. The smallest absolute Gasteiger partial charge is 0.136 e. The van der Waals surface area contributed by atoms with E-state index in [0.717, 1.165) is 23.9 Å². The fourth-order valence-electron chi connectivity index (χ4n) is 4.39. The summed E-state index contributed by atoms with van der Waals surface area (Å²) < 4.78 is 0. The molecule has 2 fully saturated rings. The third-order valence-electron chi connectivity index (χ3n) is 5.51. The van der Waals surface area contributed by atoms with Gasteiger partial charge < -0.3 is 0 Å². The van der Waals surface area contributed by atoms with Crippen molar-refractivity contribution >= 4 is 22.4 Å². The van der Waals surface area contributed by atoms with Crippen molar-refractivity contribution in [1.29, 1.82) is 0 Å². The molecule has 3 heterocycles. The molecule has 116 valence electrons. The third kappa shape index (κ3) is 2.75. The number of aryl methyl sites for hydroxylation is 1. The van der Waals surface area contributed by atoms with Gasteiger partial charge in [-0.1, -0.05) is 30.2 Å². The van der Waals surface area contributed by atoms with Crippen LogP contribution < -0.4 is 0 Å². The highest BCUT2D eigenvalue weighted by Gasteiger charge is 2.35. The van der Waals surface area contributed by atoms with Crippen LogP contribution in [0.4, 0.5) is 0 Å². The van der Waals surface area contributed by atoms with E-state index in [4.69, 9.17) is 11.6 Å². The summed E-state index contributed by atoms with van der Waals surface area (Å²) >= 11 is 6.21. The lowest BCUT2D eigenvalue weighted by Crippen LogP contribution is -2.40. The summed E-state index contributed by atoms with van der Waals surface area (Å²) in [5.41, 5.74) is 1.38. The molecule has 2 aliphatic rings. The molecule has 0 saturated carbocycles. The molecular formula is C19H23ClN2. The highest BCUT2D eigenvalue weighted by molar-refractivity contribution is 6.34. The van der Waals surface area contributed by atoms with Crippen molar-refractivity contribution in [3.05, 3.63) is 41.2 Å². The van der Waals surface area contributed by atoms with Crippen LogP contribution in [0.5, 0.6) is 0 Å². The first-order valence-corrected chi connectivity index (χ1v) is 8.98. The van der Waals surface area contributed by atoms with Gasteiger partial charge in [-0.2, -0.15) is 0 Å². The van der Waals surface area contributed by atoms with E-state index in [9.17, 15) is 0 Å². The lowest BCUT2D eigenvalue weighted by molar-refractivity contribution is 0.139. The largest absolute Gasteiger partial charge is 0.297 e. The van der Waals surface area contributed by atoms with Gasteiger partial charge in [-0.05, 0) is 68.2 Å². The molecule has 2 aliphatic heterocycles. The van der Waals surface area contributed by atoms with Gasteiger partial charge in [0.25, 0.3) is 0 Å². The normalized spacial score (nSPS) is 25.0. The monoisotopic (exact) mass is 314 g/mol. The summed E-state index contributed by atoms with van der Waals surface area (Å²) in [6.07, 6.45) is 11.3. The van der Waals surface area contributed by atoms with E-state index in [1.165, 1.54) is 56.0 Å². The molecule has 4 rings (SSSR count). The molecule has 1 aromatic heterocycles. The molecule has 1 aromatic carbocycles. The average molecular weight is 315 g/mol. The molecule has 2 unspecified atom stereocenters. The molecule has 0 aliphatic carbocycles. The maximum Gasteiger partial charge on any atom is 0.136 e. The average Bonchev–Trinajstić information content (AvgIpc) is 2.76. The maximum absolute atomic E-state index is 6.21. The quantitative estimate of drug-likeness (QED) is 0.751. The van der Waals surface area contributed by atoms with E-state index in [0.29, 0.717) is 5.15 Å². The van der Waals surface area contributed by atoms with Gasteiger partial charge in [0.2, 0.25) is 0 Å². The Morgan fingerprint density at radius 1 is 1.09 bits per heavy atom. The van der Waals surface area contributed by atoms with Gasteiger partial charge in [-0.25, -0.2) is 4.98 Å². The predicted octanol–water partition coefficient (Wildman–Crippen LogP) is 4.84. The first kappa shape index (κ1) is 14.5. The SMILES string of the molecule is Clc1nccc2ccc(CCCN3C4CCCC3CC4)cc12. The molecule has 22 heavy (non-hydrogen) atoms. The first-order valence-electron chi connectivity index (χ1n) is 8.60. The first-order chi connectivity index (χ1) is 10.8. The Morgan fingerprint density at radius 2 is 1.91 bits per heavy atom. The van der Waals surface area contributed by atoms with E-state index < -0.39 is 0 Å². The molecule has 0 N–H and O–H groups in total. The van der Waals surface area contributed by atoms with Gasteiger partial charge >= 0.3 is 0 Å². The zero-order valence-corrected chi connectivity index (χ0v) is 13.7. The zero-order chi connectivity index (χ0) is 14.9. The van der Waals surface area contributed by atoms with Gasteiger partial charge in [0.1, 0.15) is 5.15 Å². The second-order valence-corrected chi connectivity index (χ2v) is 7.17. The number of pyridine rings is 1. The molecule has 0 radical (unpaired) electrons. The fourth-order valence-corrected chi connectivity index (χ4v) is 4.61. The van der Waals surface area contributed by atoms with Crippen molar-refractivity contribution in [2.75, 3.05) is 6.54 Å². The Labute approximate surface area is 137 Å². The molecule has 2 bridgehead atoms. The number of nitrogens with zero attached hydrogens (tertiary/aromatic N) is 2. The number of rotatable bonds is 4. The molecule has 2 aromatic rings. The van der Waals surface area contributed by atoms with E-state index in [-0.39, 0.29) is 0 Å². The Balaban J connectivity index is 1.41. The fraction of sp³-hybridized carbons (Fsp3) is 0.526. The molecular weight excluding hydrogens is 292 g/mol. The second kappa shape index (κ2) is 6.17. The van der Waals surface area contributed by atoms with Crippen LogP contribution in [0.2, 0.25) is 5.15 Å². The second-order valence-electron chi connectivity index (χ2n) is 6.81. The third-order valence-corrected chi connectivity index (χ3v) is 5.81. The number of hydrogen-bond acceptors (Lipinski definition) is 2. The lowest BCUT2D eigenvalue weighted by atomic mass is 10.0. The van der Waals surface area contributed by atoms with Crippen molar-refractivity contribution < 1.29 is 0 Å². The van der Waals surface area contributed by atoms with Crippen molar-refractivity contribution in [2.24, 2.45) is 0 Å². The van der Waals surface area contributed by atoms with E-state index >= 15 is 0 Å². The summed E-state index contributed by atoms with van der Waals surface area (Å²) in [7, 11) is 0. The number of hydrogen-bond donors (Lipinski definition) is 0. The van der Waals surface area contributed by atoms with E-state index in [1.54, 1.807) is 6.20 Å². The summed E-state index contributed by atoms with van der Waals surface area (Å²) in [5, 5.41) is 2.88. The van der Waals surface area contributed by atoms with Crippen LogP contribution in [-0.4, -0.2) is 28.5 Å². The highest BCUT2D eigenvalue weighted by atomic mass is 35.5. The number of halogens is 1. The number of fused-ring (bicyclic) bond motifs is 3. The minimum Gasteiger partial charge on any atom is -0.297 e. The standard InChI is InChI=1S/C19H23ClN2/c20-19-18-13-14(6-7-15(18)10-11-21-19)3-2-12-22-16-4-1-5-17(22)9-8-16/h6-7,10-11,13,16-17H,1-5,8-9,12H2. The van der Waals surface area contributed by atoms with Crippen LogP contribution in [-0.2, 0) is 6.42 Å². The number of aromatic nitrogens is 1. The summed E-state index contributed by atoms with van der Waals surface area (Å²) in [6.45, 7) is 1.26. The predicted molar refractivity (Wildman–Crippen MR) is 92.4 cm³/mol. The van der Waals surface area contributed by atoms with Crippen molar-refractivity contribution in [3.8, 4) is 0 Å². The number of piperidine rings is 1. The van der Waals surface area contributed by atoms with Crippen LogP contribution in [0.25, 0.3) is 10.8 Å². The van der Waals surface area contributed by atoms with Gasteiger partial charge in [-0.3, -0.25) is 4.90 Å². The van der Waals surface area contributed by atoms with Crippen LogP contribution in [0, 0.1) is 0 Å². The maximum atomic E-state index is 6.21. The minimum atomic E-state index is 0.619. The minimum absolute atomic E-state index is 0.619. The Hall–Kier alpha value is -1.12. The molecule has 0 spiro atoms. The molecule has 2 saturated heterocycles. The van der Waals surface area contributed by atoms with Crippen molar-refractivity contribution in [3.63, 3.8) is 0 Å². The van der Waals surface area contributed by atoms with E-state index in [1.807, 2.05) is 6.07 Å². The lowest BCUT2D eigenvalue weighted by Gasteiger charge is -2.34. The van der Waals surface area contributed by atoms with Gasteiger partial charge in [0.15, 0.2) is 0 Å². The Morgan fingerprint density at radius 3 is 2.73 bits per heavy atom. The van der Waals surface area contributed by atoms with Gasteiger partial charge in [0.05, 0.1) is 0 Å². The van der Waals surface area contributed by atoms with Crippen molar-refractivity contribution in [1.82, 2.24) is 9.88 Å². The Kier molecular flexibility index (Phi) is 4.06. The molecule has 3 heteroatoms. The summed E-state index contributed by atoms with van der Waals surface area (Å²) in [5.74, 6) is 0. The van der Waals surface area contributed by atoms with E-state index in [2.05, 4.69) is 28.1 Å². The van der Waals surface area contributed by atoms with Gasteiger partial charge in [-0.15, -0.1) is 0 Å². The topological polar surface area (TPSA) is 16.1 Å². The molecule has 2 nitrogen and oxygen atoms in total. The van der Waals surface area contributed by atoms with Crippen LogP contribution >= 0.6 is 11.6 Å². The highest BCUT2D eigenvalue weighted by Crippen LogP contribution is 2.35. The summed E-state index contributed by atoms with van der Waals surface area (Å²) in [4.78, 5) is 6.98. The van der Waals surface area contributed by atoms with Crippen LogP contribution in [0.1, 0.15) is 44.1 Å². The van der Waals surface area contributed by atoms with Crippen LogP contribution in [0.15, 0.2) is 30.5 Å². The van der Waals surface area contributed by atoms with Crippen LogP contribution in [0.3, 0.4) is 0 Å². The molecule has 2 atom stereocenters. The van der Waals surface area contributed by atoms with Gasteiger partial charge in [0, 0.05) is 23.7 Å². The summed E-state index contributed by atoms with van der Waals surface area (Å²) in [6, 6.07) is 10.4. The zero-order valence-electron chi connectivity index (χ0n) is 13.0. The van der Waals surface area contributed by atoms with Crippen molar-refractivity contribution in [2.45, 2.75) is 57.0 Å². The Bertz CT molecular complexity index is 654.